The van der Waals surface area contributed by atoms with Crippen LogP contribution in [0.5, 0.6) is 0 Å². The van der Waals surface area contributed by atoms with E-state index in [1.165, 1.54) is 10.5 Å². The lowest BCUT2D eigenvalue weighted by Gasteiger charge is -2.14. The molecule has 0 saturated carbocycles. The van der Waals surface area contributed by atoms with Crippen LogP contribution in [0.2, 0.25) is 0 Å². The van der Waals surface area contributed by atoms with Crippen LogP contribution in [0.25, 0.3) is 16.7 Å². The number of nitrogens with one attached hydrogen (secondary N) is 1. The fourth-order valence-electron chi connectivity index (χ4n) is 2.99. The molecule has 1 amide bonds. The van der Waals surface area contributed by atoms with Crippen molar-refractivity contribution in [3.63, 3.8) is 0 Å². The van der Waals surface area contributed by atoms with E-state index in [4.69, 9.17) is 15.9 Å². The Bertz CT molecular complexity index is 1140. The minimum absolute atomic E-state index is 0.00113. The molecule has 0 aliphatic heterocycles. The topological polar surface area (TPSA) is 115 Å². The normalized spacial score (nSPS) is 11.6. The Labute approximate surface area is 155 Å². The van der Waals surface area contributed by atoms with Crippen LogP contribution >= 0.6 is 0 Å². The zero-order valence-corrected chi connectivity index (χ0v) is 15.7. The fraction of sp³-hybridized carbons (Fsp3) is 0.368. The Morgan fingerprint density at radius 3 is 2.78 bits per heavy atom. The first-order chi connectivity index (χ1) is 12.8. The predicted octanol–water partition coefficient (Wildman–Crippen LogP) is 1.35. The van der Waals surface area contributed by atoms with Crippen molar-refractivity contribution in [2.45, 2.75) is 39.8 Å². The second-order valence-corrected chi connectivity index (χ2v) is 6.78. The summed E-state index contributed by atoms with van der Waals surface area (Å²) in [6.45, 7) is 6.66. The Hall–Kier alpha value is -3.00. The van der Waals surface area contributed by atoms with Crippen LogP contribution in [0.1, 0.15) is 36.2 Å². The number of hydrogen-bond donors (Lipinski definition) is 2. The first kappa shape index (κ1) is 18.8. The van der Waals surface area contributed by atoms with Crippen LogP contribution in [0.4, 0.5) is 0 Å². The smallest absolute Gasteiger partial charge is 0.267 e. The lowest BCUT2D eigenvalue weighted by Crippen LogP contribution is -2.32. The number of rotatable bonds is 6. The van der Waals surface area contributed by atoms with E-state index in [1.54, 1.807) is 16.8 Å². The highest BCUT2D eigenvalue weighted by molar-refractivity contribution is 5.95. The number of amides is 1. The monoisotopic (exact) mass is 369 g/mol. The van der Waals surface area contributed by atoms with Gasteiger partial charge in [0.2, 0.25) is 0 Å². The van der Waals surface area contributed by atoms with Gasteiger partial charge in [-0.2, -0.15) is 0 Å². The van der Waals surface area contributed by atoms with Crippen molar-refractivity contribution in [1.29, 1.82) is 5.41 Å². The van der Waals surface area contributed by atoms with Gasteiger partial charge in [-0.3, -0.25) is 19.4 Å². The largest absolute Gasteiger partial charge is 0.379 e. The number of pyridine rings is 2. The number of hydrogen-bond acceptors (Lipinski definition) is 5. The molecule has 0 unspecified atom stereocenters. The molecule has 142 valence electrons. The first-order valence-corrected chi connectivity index (χ1v) is 8.82. The maximum Gasteiger partial charge on any atom is 0.267 e. The Morgan fingerprint density at radius 1 is 1.37 bits per heavy atom. The van der Waals surface area contributed by atoms with Gasteiger partial charge in [-0.1, -0.05) is 6.07 Å². The van der Waals surface area contributed by atoms with Crippen LogP contribution < -0.4 is 16.8 Å². The molecule has 3 aromatic rings. The summed E-state index contributed by atoms with van der Waals surface area (Å²) in [5, 5.41) is 8.62. The third-order valence-corrected chi connectivity index (χ3v) is 4.30. The van der Waals surface area contributed by atoms with E-state index in [-0.39, 0.29) is 28.1 Å². The number of aryl methyl sites for hydroxylation is 2. The minimum atomic E-state index is -0.747. The molecule has 0 fully saturated rings. The standard InChI is InChI=1S/C19H23N5O3/c1-11(2)27-8-4-7-23-16(20)13(17(21)25)9-14-18(23)22-15-6-5-12(3)10-24(15)19(14)26/h5-6,9-11,20H,4,7-8H2,1-3H3,(H2,21,25). The molecule has 0 bridgehead atoms. The summed E-state index contributed by atoms with van der Waals surface area (Å²) in [6.07, 6.45) is 2.42. The molecule has 27 heavy (non-hydrogen) atoms. The number of carbonyl (C=O) groups is 1. The molecule has 0 spiro atoms. The van der Waals surface area contributed by atoms with Gasteiger partial charge in [0.05, 0.1) is 17.1 Å². The maximum atomic E-state index is 13.0. The first-order valence-electron chi connectivity index (χ1n) is 8.82. The summed E-state index contributed by atoms with van der Waals surface area (Å²) >= 11 is 0. The molecular weight excluding hydrogens is 346 g/mol. The van der Waals surface area contributed by atoms with E-state index in [0.29, 0.717) is 30.9 Å². The number of aromatic nitrogens is 3. The van der Waals surface area contributed by atoms with Gasteiger partial charge in [-0.05, 0) is 44.9 Å². The maximum absolute atomic E-state index is 13.0. The second kappa shape index (κ2) is 7.32. The molecule has 3 rings (SSSR count). The van der Waals surface area contributed by atoms with E-state index in [0.717, 1.165) is 5.56 Å². The van der Waals surface area contributed by atoms with E-state index >= 15 is 0 Å². The average Bonchev–Trinajstić information content (AvgIpc) is 2.60. The molecule has 3 heterocycles. The van der Waals surface area contributed by atoms with Gasteiger partial charge < -0.3 is 15.0 Å². The summed E-state index contributed by atoms with van der Waals surface area (Å²) in [7, 11) is 0. The van der Waals surface area contributed by atoms with Gasteiger partial charge in [0.25, 0.3) is 11.5 Å². The van der Waals surface area contributed by atoms with E-state index < -0.39 is 5.91 Å². The molecule has 8 heteroatoms. The number of ether oxygens (including phenoxy) is 1. The Morgan fingerprint density at radius 2 is 2.11 bits per heavy atom. The zero-order valence-electron chi connectivity index (χ0n) is 15.7. The van der Waals surface area contributed by atoms with E-state index in [1.807, 2.05) is 26.8 Å². The molecule has 0 saturated heterocycles. The quantitative estimate of drug-likeness (QED) is 0.504. The minimum Gasteiger partial charge on any atom is -0.379 e. The molecule has 0 atom stereocenters. The molecular formula is C19H23N5O3. The van der Waals surface area contributed by atoms with Crippen molar-refractivity contribution < 1.29 is 9.53 Å². The lowest BCUT2D eigenvalue weighted by molar-refractivity contribution is 0.0748. The Kier molecular flexibility index (Phi) is 5.09. The summed E-state index contributed by atoms with van der Waals surface area (Å²) in [5.74, 6) is -0.747. The molecule has 3 aromatic heterocycles. The average molecular weight is 369 g/mol. The fourth-order valence-corrected chi connectivity index (χ4v) is 2.99. The number of nitrogens with two attached hydrogens (primary N) is 1. The van der Waals surface area contributed by atoms with Crippen molar-refractivity contribution >= 4 is 22.6 Å². The highest BCUT2D eigenvalue weighted by Crippen LogP contribution is 2.11. The molecule has 8 nitrogen and oxygen atoms in total. The van der Waals surface area contributed by atoms with Crippen LogP contribution in [-0.2, 0) is 11.3 Å². The van der Waals surface area contributed by atoms with Crippen molar-refractivity contribution in [2.75, 3.05) is 6.61 Å². The van der Waals surface area contributed by atoms with Crippen molar-refractivity contribution in [2.24, 2.45) is 5.73 Å². The van der Waals surface area contributed by atoms with Crippen molar-refractivity contribution in [1.82, 2.24) is 14.0 Å². The van der Waals surface area contributed by atoms with Crippen LogP contribution in [0.15, 0.2) is 29.2 Å². The van der Waals surface area contributed by atoms with Crippen LogP contribution in [0, 0.1) is 12.3 Å². The van der Waals surface area contributed by atoms with Crippen molar-refractivity contribution in [3.05, 3.63) is 51.4 Å². The highest BCUT2D eigenvalue weighted by atomic mass is 16.5. The third kappa shape index (κ3) is 3.61. The van der Waals surface area contributed by atoms with Gasteiger partial charge in [-0.25, -0.2) is 4.98 Å². The lowest BCUT2D eigenvalue weighted by atomic mass is 10.2. The van der Waals surface area contributed by atoms with E-state index in [9.17, 15) is 9.59 Å². The summed E-state index contributed by atoms with van der Waals surface area (Å²) in [5.41, 5.74) is 6.84. The number of fused-ring (bicyclic) bond motifs is 2. The van der Waals surface area contributed by atoms with Gasteiger partial charge in [0.15, 0.2) is 0 Å². The molecule has 0 aliphatic carbocycles. The summed E-state index contributed by atoms with van der Waals surface area (Å²) in [4.78, 5) is 29.3. The SMILES string of the molecule is Cc1ccc2nc3c(cc(C(N)=O)c(=N)n3CCCOC(C)C)c(=O)n2c1. The summed E-state index contributed by atoms with van der Waals surface area (Å²) in [6, 6.07) is 4.99. The highest BCUT2D eigenvalue weighted by Gasteiger charge is 2.16. The van der Waals surface area contributed by atoms with Crippen LogP contribution in [-0.4, -0.2) is 32.6 Å². The molecule has 0 aromatic carbocycles. The van der Waals surface area contributed by atoms with Gasteiger partial charge in [0, 0.05) is 19.3 Å². The van der Waals surface area contributed by atoms with Gasteiger partial charge in [0.1, 0.15) is 16.8 Å². The zero-order chi connectivity index (χ0) is 19.7. The third-order valence-electron chi connectivity index (χ3n) is 4.30. The van der Waals surface area contributed by atoms with Crippen molar-refractivity contribution in [3.8, 4) is 0 Å². The number of nitrogens with zero attached hydrogens (tertiary/aromatic N) is 3. The van der Waals surface area contributed by atoms with Crippen LogP contribution in [0.3, 0.4) is 0 Å². The van der Waals surface area contributed by atoms with Gasteiger partial charge >= 0.3 is 0 Å². The molecule has 0 radical (unpaired) electrons. The number of primary amides is 1. The Balaban J connectivity index is 2.24. The van der Waals surface area contributed by atoms with Gasteiger partial charge in [-0.15, -0.1) is 0 Å². The summed E-state index contributed by atoms with van der Waals surface area (Å²) < 4.78 is 8.55. The molecule has 3 N–H and O–H groups in total. The second-order valence-electron chi connectivity index (χ2n) is 6.78. The predicted molar refractivity (Wildman–Crippen MR) is 102 cm³/mol. The number of carbonyl (C=O) groups excluding carboxylic acids is 1. The molecule has 0 aliphatic rings. The van der Waals surface area contributed by atoms with E-state index in [2.05, 4.69) is 4.98 Å².